The summed E-state index contributed by atoms with van der Waals surface area (Å²) in [5, 5.41) is 2.89. The van der Waals surface area contributed by atoms with E-state index in [-0.39, 0.29) is 25.2 Å². The molecule has 0 radical (unpaired) electrons. The second-order valence-electron chi connectivity index (χ2n) is 6.67. The first-order valence-corrected chi connectivity index (χ1v) is 8.25. The zero-order valence-electron chi connectivity index (χ0n) is 14.1. The minimum Gasteiger partial charge on any atom is -0.336 e. The number of amides is 2. The number of nitrogens with zero attached hydrogens (tertiary/aromatic N) is 3. The number of hydrogen-bond donors (Lipinski definition) is 1. The molecule has 134 valence electrons. The third kappa shape index (κ3) is 4.97. The van der Waals surface area contributed by atoms with Gasteiger partial charge in [0.25, 0.3) is 0 Å². The fourth-order valence-electron chi connectivity index (χ4n) is 2.85. The Bertz CT molecular complexity index is 406. The van der Waals surface area contributed by atoms with E-state index >= 15 is 0 Å². The van der Waals surface area contributed by atoms with Gasteiger partial charge in [-0.1, -0.05) is 0 Å². The average molecular weight is 336 g/mol. The zero-order chi connectivity index (χ0) is 17.2. The summed E-state index contributed by atoms with van der Waals surface area (Å²) < 4.78 is 38.1. The van der Waals surface area contributed by atoms with Crippen LogP contribution in [0.25, 0.3) is 0 Å². The van der Waals surface area contributed by atoms with Gasteiger partial charge in [-0.2, -0.15) is 13.2 Å². The van der Waals surface area contributed by atoms with E-state index in [0.717, 1.165) is 0 Å². The second kappa shape index (κ2) is 7.25. The summed E-state index contributed by atoms with van der Waals surface area (Å²) in [5.41, 5.74) is 0. The summed E-state index contributed by atoms with van der Waals surface area (Å²) in [7, 11) is 2.06. The molecule has 1 saturated heterocycles. The Labute approximate surface area is 135 Å². The Morgan fingerprint density at radius 2 is 1.78 bits per heavy atom. The first-order valence-electron chi connectivity index (χ1n) is 8.25. The Morgan fingerprint density at radius 3 is 2.26 bits per heavy atom. The van der Waals surface area contributed by atoms with Crippen LogP contribution in [0, 0.1) is 0 Å². The number of urea groups is 1. The molecule has 2 aliphatic rings. The van der Waals surface area contributed by atoms with Gasteiger partial charge in [0.1, 0.15) is 6.04 Å². The number of nitrogens with one attached hydrogen (secondary N) is 1. The molecule has 2 fully saturated rings. The van der Waals surface area contributed by atoms with Crippen molar-refractivity contribution in [2.45, 2.75) is 51.0 Å². The molecule has 5 nitrogen and oxygen atoms in total. The molecule has 1 saturated carbocycles. The van der Waals surface area contributed by atoms with E-state index in [9.17, 15) is 18.0 Å². The Kier molecular flexibility index (Phi) is 5.78. The highest BCUT2D eigenvalue weighted by Crippen LogP contribution is 2.27. The van der Waals surface area contributed by atoms with Crippen LogP contribution in [0.4, 0.5) is 18.0 Å². The van der Waals surface area contributed by atoms with Gasteiger partial charge < -0.3 is 10.2 Å². The fourth-order valence-corrected chi connectivity index (χ4v) is 2.85. The minimum atomic E-state index is -4.22. The Hall–Kier alpha value is -1.02. The maximum Gasteiger partial charge on any atom is 0.403 e. The molecule has 0 aromatic rings. The molecule has 2 atom stereocenters. The predicted octanol–water partition coefficient (Wildman–Crippen LogP) is 1.75. The molecule has 2 rings (SSSR count). The highest BCUT2D eigenvalue weighted by Gasteiger charge is 2.41. The van der Waals surface area contributed by atoms with E-state index < -0.39 is 12.2 Å². The van der Waals surface area contributed by atoms with Crippen LogP contribution in [0.2, 0.25) is 0 Å². The molecule has 1 aliphatic heterocycles. The predicted molar refractivity (Wildman–Crippen MR) is 82.3 cm³/mol. The van der Waals surface area contributed by atoms with E-state index in [1.807, 2.05) is 0 Å². The molecular weight excluding hydrogens is 309 g/mol. The summed E-state index contributed by atoms with van der Waals surface area (Å²) in [6.07, 6.45) is -1.78. The van der Waals surface area contributed by atoms with Crippen LogP contribution >= 0.6 is 0 Å². The summed E-state index contributed by atoms with van der Waals surface area (Å²) in [4.78, 5) is 17.4. The van der Waals surface area contributed by atoms with Crippen molar-refractivity contribution in [3.8, 4) is 0 Å². The van der Waals surface area contributed by atoms with E-state index in [2.05, 4.69) is 24.2 Å². The third-order valence-electron chi connectivity index (χ3n) is 4.99. The SMILES string of the molecule is C[C@@H](CNC(=O)N1CCN([C@H](C)C(F)(F)F)CC1)N(C)C1CC1. The maximum atomic E-state index is 12.7. The summed E-state index contributed by atoms with van der Waals surface area (Å²) in [6.45, 7) is 4.98. The van der Waals surface area contributed by atoms with Crippen molar-refractivity contribution >= 4 is 6.03 Å². The van der Waals surface area contributed by atoms with Crippen LogP contribution in [-0.4, -0.2) is 84.8 Å². The van der Waals surface area contributed by atoms with Crippen molar-refractivity contribution in [2.75, 3.05) is 39.8 Å². The van der Waals surface area contributed by atoms with Crippen molar-refractivity contribution < 1.29 is 18.0 Å². The number of alkyl halides is 3. The van der Waals surface area contributed by atoms with Crippen LogP contribution in [0.1, 0.15) is 26.7 Å². The lowest BCUT2D eigenvalue weighted by atomic mass is 10.2. The molecule has 23 heavy (non-hydrogen) atoms. The number of carbonyl (C=O) groups excluding carboxylic acids is 1. The molecule has 8 heteroatoms. The first kappa shape index (κ1) is 18.3. The molecule has 1 N–H and O–H groups in total. The van der Waals surface area contributed by atoms with E-state index in [1.165, 1.54) is 24.7 Å². The van der Waals surface area contributed by atoms with Crippen LogP contribution in [0.3, 0.4) is 0 Å². The molecule has 1 aliphatic carbocycles. The van der Waals surface area contributed by atoms with Crippen LogP contribution < -0.4 is 5.32 Å². The van der Waals surface area contributed by atoms with Gasteiger partial charge in [0, 0.05) is 44.8 Å². The van der Waals surface area contributed by atoms with Crippen LogP contribution in [0.5, 0.6) is 0 Å². The molecule has 0 aromatic carbocycles. The number of likely N-dealkylation sites (N-methyl/N-ethyl adjacent to an activating group) is 1. The molecule has 0 bridgehead atoms. The molecule has 2 amide bonds. The lowest BCUT2D eigenvalue weighted by Gasteiger charge is -2.38. The van der Waals surface area contributed by atoms with Gasteiger partial charge in [-0.15, -0.1) is 0 Å². The number of halogens is 3. The van der Waals surface area contributed by atoms with Crippen molar-refractivity contribution in [2.24, 2.45) is 0 Å². The standard InChI is InChI=1S/C15H27F3N4O/c1-11(20(3)13-4-5-13)10-19-14(23)22-8-6-21(7-9-22)12(2)15(16,17)18/h11-13H,4-10H2,1-3H3,(H,19,23)/t11-,12+/m0/s1. The van der Waals surface area contributed by atoms with Gasteiger partial charge in [0.15, 0.2) is 0 Å². The molecule has 1 heterocycles. The lowest BCUT2D eigenvalue weighted by molar-refractivity contribution is -0.181. The van der Waals surface area contributed by atoms with Crippen molar-refractivity contribution in [1.29, 1.82) is 0 Å². The van der Waals surface area contributed by atoms with E-state index in [0.29, 0.717) is 25.7 Å². The largest absolute Gasteiger partial charge is 0.403 e. The monoisotopic (exact) mass is 336 g/mol. The maximum absolute atomic E-state index is 12.7. The Balaban J connectivity index is 1.71. The van der Waals surface area contributed by atoms with Crippen molar-refractivity contribution in [1.82, 2.24) is 20.0 Å². The highest BCUT2D eigenvalue weighted by atomic mass is 19.4. The number of piperazine rings is 1. The summed E-state index contributed by atoms with van der Waals surface area (Å²) in [6, 6.07) is -0.743. The second-order valence-corrected chi connectivity index (χ2v) is 6.67. The quantitative estimate of drug-likeness (QED) is 0.831. The van der Waals surface area contributed by atoms with Gasteiger partial charge in [-0.3, -0.25) is 9.80 Å². The third-order valence-corrected chi connectivity index (χ3v) is 4.99. The van der Waals surface area contributed by atoms with E-state index in [1.54, 1.807) is 4.90 Å². The average Bonchev–Trinajstić information content (AvgIpc) is 3.34. The number of carbonyl (C=O) groups is 1. The van der Waals surface area contributed by atoms with Gasteiger partial charge in [-0.25, -0.2) is 4.79 Å². The Morgan fingerprint density at radius 1 is 1.22 bits per heavy atom. The highest BCUT2D eigenvalue weighted by molar-refractivity contribution is 5.74. The molecule has 0 unspecified atom stereocenters. The smallest absolute Gasteiger partial charge is 0.336 e. The minimum absolute atomic E-state index is 0.180. The summed E-state index contributed by atoms with van der Waals surface area (Å²) in [5.74, 6) is 0. The molecule has 0 spiro atoms. The number of rotatable bonds is 5. The molecular formula is C15H27F3N4O. The topological polar surface area (TPSA) is 38.8 Å². The van der Waals surface area contributed by atoms with Gasteiger partial charge >= 0.3 is 12.2 Å². The number of hydrogen-bond acceptors (Lipinski definition) is 3. The van der Waals surface area contributed by atoms with E-state index in [4.69, 9.17) is 0 Å². The van der Waals surface area contributed by atoms with Gasteiger partial charge in [0.2, 0.25) is 0 Å². The van der Waals surface area contributed by atoms with Crippen LogP contribution in [-0.2, 0) is 0 Å². The van der Waals surface area contributed by atoms with Gasteiger partial charge in [-0.05, 0) is 33.7 Å². The first-order chi connectivity index (χ1) is 10.7. The molecule has 0 aromatic heterocycles. The summed E-state index contributed by atoms with van der Waals surface area (Å²) >= 11 is 0. The zero-order valence-corrected chi connectivity index (χ0v) is 14.1. The van der Waals surface area contributed by atoms with Crippen molar-refractivity contribution in [3.63, 3.8) is 0 Å². The van der Waals surface area contributed by atoms with Crippen LogP contribution in [0.15, 0.2) is 0 Å². The lowest BCUT2D eigenvalue weighted by Crippen LogP contribution is -2.57. The van der Waals surface area contributed by atoms with Gasteiger partial charge in [0.05, 0.1) is 0 Å². The van der Waals surface area contributed by atoms with Crippen molar-refractivity contribution in [3.05, 3.63) is 0 Å². The normalized spacial score (nSPS) is 23.0. The fraction of sp³-hybridized carbons (Fsp3) is 0.933.